The highest BCUT2D eigenvalue weighted by molar-refractivity contribution is 5.09. The van der Waals surface area contributed by atoms with Gasteiger partial charge in [-0.3, -0.25) is 4.90 Å². The Morgan fingerprint density at radius 3 is 2.68 bits per heavy atom. The molecule has 0 spiro atoms. The molecule has 0 bridgehead atoms. The van der Waals surface area contributed by atoms with Gasteiger partial charge in [-0.2, -0.15) is 0 Å². The summed E-state index contributed by atoms with van der Waals surface area (Å²) >= 11 is 0. The van der Waals surface area contributed by atoms with Gasteiger partial charge in [0.25, 0.3) is 0 Å². The summed E-state index contributed by atoms with van der Waals surface area (Å²) in [4.78, 5) is 2.59. The molecule has 1 aliphatic heterocycles. The lowest BCUT2D eigenvalue weighted by Gasteiger charge is -2.38. The topological polar surface area (TPSA) is 41.9 Å². The van der Waals surface area contributed by atoms with Crippen LogP contribution in [-0.4, -0.2) is 60.2 Å². The van der Waals surface area contributed by atoms with Gasteiger partial charge < -0.3 is 14.6 Å². The molecule has 1 saturated heterocycles. The van der Waals surface area contributed by atoms with Gasteiger partial charge in [0.05, 0.1) is 24.4 Å². The zero-order valence-electron chi connectivity index (χ0n) is 14.7. The van der Waals surface area contributed by atoms with Crippen molar-refractivity contribution in [1.82, 2.24) is 4.90 Å². The second kappa shape index (κ2) is 7.43. The Morgan fingerprint density at radius 1 is 1.27 bits per heavy atom. The van der Waals surface area contributed by atoms with Crippen LogP contribution in [-0.2, 0) is 9.47 Å². The van der Waals surface area contributed by atoms with Gasteiger partial charge in [0.15, 0.2) is 0 Å². The Hall–Kier alpha value is -0.420. The van der Waals surface area contributed by atoms with Gasteiger partial charge >= 0.3 is 0 Å². The molecule has 128 valence electrons. The first kappa shape index (κ1) is 17.9. The molecule has 1 heterocycles. The zero-order chi connectivity index (χ0) is 16.2. The van der Waals surface area contributed by atoms with Gasteiger partial charge in [0.2, 0.25) is 0 Å². The van der Waals surface area contributed by atoms with Crippen LogP contribution in [0.15, 0.2) is 11.6 Å². The van der Waals surface area contributed by atoms with E-state index in [1.54, 1.807) is 13.8 Å². The van der Waals surface area contributed by atoms with E-state index in [0.717, 1.165) is 45.6 Å². The van der Waals surface area contributed by atoms with Gasteiger partial charge in [0, 0.05) is 25.7 Å². The summed E-state index contributed by atoms with van der Waals surface area (Å²) in [5.74, 6) is 0. The zero-order valence-corrected chi connectivity index (χ0v) is 14.7. The SMILES string of the molecule is CC(C)(O)C(C)(C)OCC1=CCC(N2CCCOCC2)CC1. The van der Waals surface area contributed by atoms with Crippen molar-refractivity contribution in [3.8, 4) is 0 Å². The summed E-state index contributed by atoms with van der Waals surface area (Å²) in [6.07, 6.45) is 6.92. The minimum Gasteiger partial charge on any atom is -0.387 e. The molecule has 0 aromatic rings. The van der Waals surface area contributed by atoms with Gasteiger partial charge in [0.1, 0.15) is 0 Å². The van der Waals surface area contributed by atoms with Crippen molar-refractivity contribution in [1.29, 1.82) is 0 Å². The highest BCUT2D eigenvalue weighted by Crippen LogP contribution is 2.28. The highest BCUT2D eigenvalue weighted by Gasteiger charge is 2.36. The summed E-state index contributed by atoms with van der Waals surface area (Å²) < 4.78 is 11.5. The largest absolute Gasteiger partial charge is 0.387 e. The van der Waals surface area contributed by atoms with E-state index in [4.69, 9.17) is 9.47 Å². The fourth-order valence-corrected chi connectivity index (χ4v) is 2.92. The maximum Gasteiger partial charge on any atom is 0.0911 e. The van der Waals surface area contributed by atoms with Gasteiger partial charge in [-0.05, 0) is 59.0 Å². The lowest BCUT2D eigenvalue weighted by atomic mass is 9.89. The van der Waals surface area contributed by atoms with Crippen LogP contribution in [0.4, 0.5) is 0 Å². The van der Waals surface area contributed by atoms with Crippen molar-refractivity contribution in [3.63, 3.8) is 0 Å². The van der Waals surface area contributed by atoms with Crippen LogP contribution in [0.5, 0.6) is 0 Å². The summed E-state index contributed by atoms with van der Waals surface area (Å²) in [6.45, 7) is 12.2. The number of aliphatic hydroxyl groups is 1. The van der Waals surface area contributed by atoms with E-state index in [1.807, 2.05) is 13.8 Å². The molecular formula is C18H33NO3. The van der Waals surface area contributed by atoms with Crippen molar-refractivity contribution in [3.05, 3.63) is 11.6 Å². The first-order chi connectivity index (χ1) is 10.3. The summed E-state index contributed by atoms with van der Waals surface area (Å²) in [7, 11) is 0. The van der Waals surface area contributed by atoms with E-state index in [-0.39, 0.29) is 0 Å². The van der Waals surface area contributed by atoms with Crippen LogP contribution in [0.2, 0.25) is 0 Å². The van der Waals surface area contributed by atoms with E-state index >= 15 is 0 Å². The van der Waals surface area contributed by atoms with Crippen LogP contribution in [0.3, 0.4) is 0 Å². The molecule has 1 N–H and O–H groups in total. The van der Waals surface area contributed by atoms with Crippen molar-refractivity contribution < 1.29 is 14.6 Å². The monoisotopic (exact) mass is 311 g/mol. The van der Waals surface area contributed by atoms with Gasteiger partial charge in [-0.25, -0.2) is 0 Å². The summed E-state index contributed by atoms with van der Waals surface area (Å²) in [5, 5.41) is 10.2. The first-order valence-electron chi connectivity index (χ1n) is 8.65. The third-order valence-corrected chi connectivity index (χ3v) is 5.34. The second-order valence-corrected chi connectivity index (χ2v) is 7.65. The molecule has 22 heavy (non-hydrogen) atoms. The predicted octanol–water partition coefficient (Wildman–Crippen LogP) is 2.75. The molecule has 1 fully saturated rings. The van der Waals surface area contributed by atoms with E-state index in [0.29, 0.717) is 12.6 Å². The average Bonchev–Trinajstić information content (AvgIpc) is 2.73. The molecule has 0 amide bonds. The van der Waals surface area contributed by atoms with Crippen molar-refractivity contribution >= 4 is 0 Å². The molecule has 1 unspecified atom stereocenters. The molecule has 2 rings (SSSR count). The van der Waals surface area contributed by atoms with Crippen LogP contribution < -0.4 is 0 Å². The highest BCUT2D eigenvalue weighted by atomic mass is 16.5. The standard InChI is InChI=1S/C18H33NO3/c1-17(2,20)18(3,4)22-14-15-6-8-16(9-7-15)19-10-5-12-21-13-11-19/h6,16,20H,5,7-14H2,1-4H3. The molecule has 0 saturated carbocycles. The molecule has 1 atom stereocenters. The third-order valence-electron chi connectivity index (χ3n) is 5.34. The molecule has 1 aliphatic carbocycles. The lowest BCUT2D eigenvalue weighted by molar-refractivity contribution is -0.142. The van der Waals surface area contributed by atoms with Crippen LogP contribution in [0.25, 0.3) is 0 Å². The van der Waals surface area contributed by atoms with Crippen LogP contribution >= 0.6 is 0 Å². The first-order valence-corrected chi connectivity index (χ1v) is 8.65. The Balaban J connectivity index is 1.81. The minimum absolute atomic E-state index is 0.535. The Morgan fingerprint density at radius 2 is 2.05 bits per heavy atom. The third kappa shape index (κ3) is 4.79. The minimum atomic E-state index is -0.836. The maximum absolute atomic E-state index is 10.2. The molecule has 4 heteroatoms. The summed E-state index contributed by atoms with van der Waals surface area (Å²) in [6, 6.07) is 0.660. The van der Waals surface area contributed by atoms with E-state index in [9.17, 15) is 5.11 Å². The summed E-state index contributed by atoms with van der Waals surface area (Å²) in [5.41, 5.74) is 0.00327. The number of hydrogen-bond donors (Lipinski definition) is 1. The molecular weight excluding hydrogens is 278 g/mol. The molecule has 2 aliphatic rings. The Bertz CT molecular complexity index is 376. The maximum atomic E-state index is 10.2. The Labute approximate surface area is 135 Å². The number of ether oxygens (including phenoxy) is 2. The lowest BCUT2D eigenvalue weighted by Crippen LogP contribution is -2.47. The fourth-order valence-electron chi connectivity index (χ4n) is 2.92. The molecule has 0 aromatic carbocycles. The number of nitrogens with zero attached hydrogens (tertiary/aromatic N) is 1. The van der Waals surface area contributed by atoms with E-state index in [1.165, 1.54) is 12.0 Å². The van der Waals surface area contributed by atoms with Crippen molar-refractivity contribution in [2.45, 2.75) is 70.6 Å². The quantitative estimate of drug-likeness (QED) is 0.793. The molecule has 4 nitrogen and oxygen atoms in total. The normalized spacial score (nSPS) is 25.7. The van der Waals surface area contributed by atoms with Crippen molar-refractivity contribution in [2.24, 2.45) is 0 Å². The van der Waals surface area contributed by atoms with Crippen LogP contribution in [0.1, 0.15) is 53.4 Å². The van der Waals surface area contributed by atoms with Gasteiger partial charge in [-0.1, -0.05) is 6.08 Å². The average molecular weight is 311 g/mol. The Kier molecular flexibility index (Phi) is 6.06. The van der Waals surface area contributed by atoms with E-state index < -0.39 is 11.2 Å². The number of hydrogen-bond acceptors (Lipinski definition) is 4. The smallest absolute Gasteiger partial charge is 0.0911 e. The molecule has 0 aromatic heterocycles. The molecule has 0 radical (unpaired) electrons. The second-order valence-electron chi connectivity index (χ2n) is 7.65. The van der Waals surface area contributed by atoms with E-state index in [2.05, 4.69) is 11.0 Å². The van der Waals surface area contributed by atoms with Crippen LogP contribution in [0, 0.1) is 0 Å². The predicted molar refractivity (Wildman–Crippen MR) is 89.1 cm³/mol. The van der Waals surface area contributed by atoms with Gasteiger partial charge in [-0.15, -0.1) is 0 Å². The van der Waals surface area contributed by atoms with Crippen molar-refractivity contribution in [2.75, 3.05) is 32.9 Å². The fraction of sp³-hybridized carbons (Fsp3) is 0.889. The number of rotatable bonds is 5.